The molecule has 1 aliphatic rings. The monoisotopic (exact) mass is 429 g/mol. The molecule has 1 unspecified atom stereocenters. The van der Waals surface area contributed by atoms with E-state index in [1.165, 1.54) is 5.56 Å². The van der Waals surface area contributed by atoms with Crippen molar-refractivity contribution in [2.75, 3.05) is 6.54 Å². The number of hydrogen-bond acceptors (Lipinski definition) is 3. The molecule has 1 atom stereocenters. The highest BCUT2D eigenvalue weighted by atomic mass is 16.2. The number of carbonyl (C=O) groups excluding carboxylic acids is 3. The van der Waals surface area contributed by atoms with E-state index in [1.807, 2.05) is 56.3 Å². The Morgan fingerprint density at radius 3 is 2.25 bits per heavy atom. The Bertz CT molecular complexity index is 1170. The van der Waals surface area contributed by atoms with Crippen molar-refractivity contribution in [1.29, 1.82) is 0 Å². The molecule has 6 nitrogen and oxygen atoms in total. The van der Waals surface area contributed by atoms with Gasteiger partial charge < -0.3 is 9.88 Å². The quantitative estimate of drug-likeness (QED) is 0.456. The average molecular weight is 430 g/mol. The molecular weight excluding hydrogens is 402 g/mol. The van der Waals surface area contributed by atoms with Crippen molar-refractivity contribution in [2.24, 2.45) is 0 Å². The van der Waals surface area contributed by atoms with E-state index in [0.717, 1.165) is 29.3 Å². The molecule has 0 bridgehead atoms. The lowest BCUT2D eigenvalue weighted by molar-refractivity contribution is -0.130. The third-order valence-electron chi connectivity index (χ3n) is 6.27. The zero-order valence-electron chi connectivity index (χ0n) is 18.6. The number of aromatic nitrogens is 1. The van der Waals surface area contributed by atoms with Crippen LogP contribution >= 0.6 is 0 Å². The number of Topliss-reactive ketones (excluding diaryl/α,β-unsaturated/α-hetero) is 1. The standard InChI is InChI=1S/C26H27N3O3/c1-18-16-22(19(2)28(18)15-14-20-10-6-4-7-11-20)23(30)17-29-24(31)26(3,27-25(29)32)21-12-8-5-9-13-21/h4-13,16H,14-15,17H2,1-3H3,(H,27,32). The van der Waals surface area contributed by atoms with Crippen LogP contribution < -0.4 is 5.32 Å². The summed E-state index contributed by atoms with van der Waals surface area (Å²) in [5.41, 5.74) is 3.12. The lowest BCUT2D eigenvalue weighted by Gasteiger charge is -2.22. The second kappa shape index (κ2) is 8.46. The number of rotatable bonds is 7. The molecule has 3 aromatic rings. The zero-order valence-corrected chi connectivity index (χ0v) is 18.6. The van der Waals surface area contributed by atoms with Gasteiger partial charge in [-0.2, -0.15) is 0 Å². The number of amides is 3. The number of hydrogen-bond donors (Lipinski definition) is 1. The Balaban J connectivity index is 1.51. The van der Waals surface area contributed by atoms with Gasteiger partial charge >= 0.3 is 6.03 Å². The highest BCUT2D eigenvalue weighted by Gasteiger charge is 2.49. The van der Waals surface area contributed by atoms with Gasteiger partial charge in [-0.15, -0.1) is 0 Å². The second-order valence-corrected chi connectivity index (χ2v) is 8.41. The van der Waals surface area contributed by atoms with E-state index >= 15 is 0 Å². The van der Waals surface area contributed by atoms with Gasteiger partial charge in [0, 0.05) is 23.5 Å². The van der Waals surface area contributed by atoms with Gasteiger partial charge in [0.15, 0.2) is 5.78 Å². The minimum absolute atomic E-state index is 0.245. The molecule has 1 saturated heterocycles. The van der Waals surface area contributed by atoms with Gasteiger partial charge in [-0.25, -0.2) is 4.79 Å². The van der Waals surface area contributed by atoms with Crippen LogP contribution in [0.15, 0.2) is 66.7 Å². The fraction of sp³-hybridized carbons (Fsp3) is 0.269. The van der Waals surface area contributed by atoms with Crippen LogP contribution in [0.4, 0.5) is 4.79 Å². The molecule has 164 valence electrons. The van der Waals surface area contributed by atoms with Gasteiger partial charge in [0.2, 0.25) is 0 Å². The molecule has 6 heteroatoms. The van der Waals surface area contributed by atoms with Crippen LogP contribution in [0.5, 0.6) is 0 Å². The minimum Gasteiger partial charge on any atom is -0.348 e. The third kappa shape index (κ3) is 3.84. The maximum Gasteiger partial charge on any atom is 0.325 e. The Kier molecular flexibility index (Phi) is 5.70. The number of imide groups is 1. The first-order valence-electron chi connectivity index (χ1n) is 10.7. The first-order chi connectivity index (χ1) is 15.3. The maximum absolute atomic E-state index is 13.1. The van der Waals surface area contributed by atoms with Crippen molar-refractivity contribution in [3.8, 4) is 0 Å². The normalized spacial score (nSPS) is 18.2. The zero-order chi connectivity index (χ0) is 22.9. The van der Waals surface area contributed by atoms with E-state index in [2.05, 4.69) is 22.0 Å². The van der Waals surface area contributed by atoms with Gasteiger partial charge in [0.05, 0.1) is 6.54 Å². The summed E-state index contributed by atoms with van der Waals surface area (Å²) in [6, 6.07) is 20.6. The molecular formula is C26H27N3O3. The smallest absolute Gasteiger partial charge is 0.325 e. The van der Waals surface area contributed by atoms with E-state index in [-0.39, 0.29) is 12.3 Å². The predicted molar refractivity (Wildman–Crippen MR) is 122 cm³/mol. The Labute approximate surface area is 187 Å². The topological polar surface area (TPSA) is 71.4 Å². The van der Waals surface area contributed by atoms with Gasteiger partial charge in [-0.3, -0.25) is 14.5 Å². The highest BCUT2D eigenvalue weighted by Crippen LogP contribution is 2.29. The van der Waals surface area contributed by atoms with Crippen molar-refractivity contribution in [3.05, 3.63) is 94.8 Å². The molecule has 0 radical (unpaired) electrons. The fourth-order valence-electron chi connectivity index (χ4n) is 4.35. The molecule has 2 heterocycles. The Morgan fingerprint density at radius 1 is 0.969 bits per heavy atom. The van der Waals surface area contributed by atoms with Crippen LogP contribution in [0, 0.1) is 13.8 Å². The van der Waals surface area contributed by atoms with Crippen molar-refractivity contribution in [3.63, 3.8) is 0 Å². The van der Waals surface area contributed by atoms with Gasteiger partial charge in [0.25, 0.3) is 5.91 Å². The molecule has 0 saturated carbocycles. The highest BCUT2D eigenvalue weighted by molar-refractivity contribution is 6.11. The van der Waals surface area contributed by atoms with Gasteiger partial charge in [0.1, 0.15) is 5.54 Å². The first-order valence-corrected chi connectivity index (χ1v) is 10.7. The summed E-state index contributed by atoms with van der Waals surface area (Å²) in [4.78, 5) is 39.8. The fourth-order valence-corrected chi connectivity index (χ4v) is 4.35. The maximum atomic E-state index is 13.1. The van der Waals surface area contributed by atoms with Crippen molar-refractivity contribution < 1.29 is 14.4 Å². The van der Waals surface area contributed by atoms with Gasteiger partial charge in [-0.1, -0.05) is 60.7 Å². The van der Waals surface area contributed by atoms with Crippen LogP contribution in [0.1, 0.15) is 39.8 Å². The molecule has 0 spiro atoms. The predicted octanol–water partition coefficient (Wildman–Crippen LogP) is 4.00. The molecule has 4 rings (SSSR count). The SMILES string of the molecule is Cc1cc(C(=O)CN2C(=O)NC(C)(c3ccccc3)C2=O)c(C)n1CCc1ccccc1. The van der Waals surface area contributed by atoms with Crippen molar-refractivity contribution >= 4 is 17.7 Å². The largest absolute Gasteiger partial charge is 0.348 e. The van der Waals surface area contributed by atoms with E-state index < -0.39 is 17.5 Å². The second-order valence-electron chi connectivity index (χ2n) is 8.41. The van der Waals surface area contributed by atoms with E-state index in [1.54, 1.807) is 19.1 Å². The van der Waals surface area contributed by atoms with Crippen LogP contribution in [0.25, 0.3) is 0 Å². The number of aryl methyl sites for hydroxylation is 2. The van der Waals surface area contributed by atoms with Crippen molar-refractivity contribution in [2.45, 2.75) is 39.3 Å². The summed E-state index contributed by atoms with van der Waals surface area (Å²) >= 11 is 0. The van der Waals surface area contributed by atoms with E-state index in [0.29, 0.717) is 11.1 Å². The number of benzene rings is 2. The summed E-state index contributed by atoms with van der Waals surface area (Å²) in [6.07, 6.45) is 0.854. The summed E-state index contributed by atoms with van der Waals surface area (Å²) in [5.74, 6) is -0.662. The van der Waals surface area contributed by atoms with Crippen LogP contribution in [0.2, 0.25) is 0 Å². The molecule has 2 aromatic carbocycles. The van der Waals surface area contributed by atoms with E-state index in [9.17, 15) is 14.4 Å². The summed E-state index contributed by atoms with van der Waals surface area (Å²) in [6.45, 7) is 6.02. The van der Waals surface area contributed by atoms with Crippen LogP contribution in [0.3, 0.4) is 0 Å². The number of carbonyl (C=O) groups is 3. The molecule has 1 N–H and O–H groups in total. The van der Waals surface area contributed by atoms with Gasteiger partial charge in [-0.05, 0) is 44.4 Å². The van der Waals surface area contributed by atoms with Crippen LogP contribution in [-0.4, -0.2) is 33.7 Å². The van der Waals surface area contributed by atoms with Crippen molar-refractivity contribution in [1.82, 2.24) is 14.8 Å². The number of ketones is 1. The minimum atomic E-state index is -1.18. The molecule has 0 aliphatic carbocycles. The number of nitrogens with one attached hydrogen (secondary N) is 1. The molecule has 1 aromatic heterocycles. The Morgan fingerprint density at radius 2 is 1.59 bits per heavy atom. The average Bonchev–Trinajstić information content (AvgIpc) is 3.21. The molecule has 1 fully saturated rings. The molecule has 1 aliphatic heterocycles. The number of nitrogens with zero attached hydrogens (tertiary/aromatic N) is 2. The summed E-state index contributed by atoms with van der Waals surface area (Å²) < 4.78 is 2.11. The Hall–Kier alpha value is -3.67. The first kappa shape index (κ1) is 21.6. The number of urea groups is 1. The van der Waals surface area contributed by atoms with Crippen LogP contribution in [-0.2, 0) is 23.3 Å². The summed E-state index contributed by atoms with van der Waals surface area (Å²) in [7, 11) is 0. The third-order valence-corrected chi connectivity index (χ3v) is 6.27. The van der Waals surface area contributed by atoms with E-state index in [4.69, 9.17) is 0 Å². The molecule has 32 heavy (non-hydrogen) atoms. The lowest BCUT2D eigenvalue weighted by atomic mass is 9.92. The molecule has 3 amide bonds. The lowest BCUT2D eigenvalue weighted by Crippen LogP contribution is -2.41. The summed E-state index contributed by atoms with van der Waals surface area (Å²) in [5, 5.41) is 2.75.